The van der Waals surface area contributed by atoms with Crippen molar-refractivity contribution in [2.45, 2.75) is 18.4 Å². The molecule has 4 nitrogen and oxygen atoms in total. The maximum atomic E-state index is 13.2. The number of hydrogen-bond donors (Lipinski definition) is 0. The molecule has 1 heterocycles. The Morgan fingerprint density at radius 2 is 2.00 bits per heavy atom. The lowest BCUT2D eigenvalue weighted by molar-refractivity contribution is -0.350. The largest absolute Gasteiger partial charge is 0.470 e. The van der Waals surface area contributed by atoms with E-state index in [1.807, 2.05) is 0 Å². The minimum Gasteiger partial charge on any atom is -0.460 e. The van der Waals surface area contributed by atoms with Gasteiger partial charge in [0.05, 0.1) is 19.2 Å². The summed E-state index contributed by atoms with van der Waals surface area (Å²) < 4.78 is 49.5. The van der Waals surface area contributed by atoms with Crippen LogP contribution < -0.4 is 0 Å². The zero-order chi connectivity index (χ0) is 15.7. The first kappa shape index (κ1) is 16.0. The van der Waals surface area contributed by atoms with Crippen LogP contribution in [0.15, 0.2) is 33.9 Å². The van der Waals surface area contributed by atoms with Crippen LogP contribution in [0.25, 0.3) is 0 Å². The van der Waals surface area contributed by atoms with Crippen LogP contribution in [0.1, 0.15) is 12.0 Å². The summed E-state index contributed by atoms with van der Waals surface area (Å²) in [5.41, 5.74) is 0.606. The summed E-state index contributed by atoms with van der Waals surface area (Å²) in [6.07, 6.45) is -5.45. The third-order valence-corrected chi connectivity index (χ3v) is 3.51. The van der Waals surface area contributed by atoms with Gasteiger partial charge < -0.3 is 14.3 Å². The van der Waals surface area contributed by atoms with Crippen molar-refractivity contribution in [2.24, 2.45) is 5.16 Å². The zero-order valence-electron chi connectivity index (χ0n) is 10.6. The first-order valence-electron chi connectivity index (χ1n) is 5.62. The lowest BCUT2D eigenvalue weighted by atomic mass is 10.0. The molecule has 9 heteroatoms. The fourth-order valence-electron chi connectivity index (χ4n) is 1.65. The first-order valence-corrected chi connectivity index (χ1v) is 6.82. The molecule has 0 amide bonds. The second kappa shape index (κ2) is 5.80. The fourth-order valence-corrected chi connectivity index (χ4v) is 2.05. The Morgan fingerprint density at radius 1 is 1.38 bits per heavy atom. The Kier molecular flexibility index (Phi) is 4.43. The topological polar surface area (TPSA) is 40.0 Å². The molecule has 0 spiro atoms. The van der Waals surface area contributed by atoms with E-state index in [0.29, 0.717) is 5.56 Å². The maximum Gasteiger partial charge on any atom is 0.470 e. The zero-order valence-corrected chi connectivity index (χ0v) is 13.0. The summed E-state index contributed by atoms with van der Waals surface area (Å²) in [7, 11) is 1.11. The van der Waals surface area contributed by atoms with Gasteiger partial charge in [-0.25, -0.2) is 0 Å². The molecular weight excluding hydrogens is 375 g/mol. The van der Waals surface area contributed by atoms with E-state index in [0.717, 1.165) is 11.6 Å². The molecule has 1 aromatic rings. The van der Waals surface area contributed by atoms with E-state index in [1.54, 1.807) is 24.3 Å². The Labute approximate surface area is 132 Å². The SMILES string of the molecule is COC(=S)OC1(C(F)(F)F)CC(c2ccc(Br)cc2)=NO1. The van der Waals surface area contributed by atoms with E-state index in [9.17, 15) is 13.2 Å². The van der Waals surface area contributed by atoms with Gasteiger partial charge in [0.2, 0.25) is 0 Å². The number of hydrogen-bond acceptors (Lipinski definition) is 5. The molecule has 1 aliphatic rings. The highest BCUT2D eigenvalue weighted by atomic mass is 79.9. The third-order valence-electron chi connectivity index (χ3n) is 2.73. The van der Waals surface area contributed by atoms with Crippen molar-refractivity contribution >= 4 is 39.1 Å². The predicted octanol–water partition coefficient (Wildman–Crippen LogP) is 3.78. The predicted molar refractivity (Wildman–Crippen MR) is 75.9 cm³/mol. The van der Waals surface area contributed by atoms with Gasteiger partial charge in [-0.3, -0.25) is 0 Å². The highest BCUT2D eigenvalue weighted by Crippen LogP contribution is 2.42. The lowest BCUT2D eigenvalue weighted by Gasteiger charge is -2.28. The second-order valence-corrected chi connectivity index (χ2v) is 5.37. The monoisotopic (exact) mass is 383 g/mol. The lowest BCUT2D eigenvalue weighted by Crippen LogP contribution is -2.49. The average Bonchev–Trinajstić information content (AvgIpc) is 2.84. The van der Waals surface area contributed by atoms with E-state index < -0.39 is 23.6 Å². The van der Waals surface area contributed by atoms with Gasteiger partial charge in [-0.2, -0.15) is 13.2 Å². The van der Waals surface area contributed by atoms with Gasteiger partial charge in [-0.15, -0.1) is 0 Å². The Balaban J connectivity index is 2.25. The summed E-state index contributed by atoms with van der Waals surface area (Å²) in [6, 6.07) is 6.61. The van der Waals surface area contributed by atoms with Gasteiger partial charge in [0.1, 0.15) is 0 Å². The molecule has 1 aliphatic heterocycles. The van der Waals surface area contributed by atoms with Crippen molar-refractivity contribution in [3.8, 4) is 0 Å². The standard InChI is InChI=1S/C12H9BrF3NO3S/c1-18-10(21)19-11(12(14,15)16)6-9(17-20-11)7-2-4-8(13)5-3-7/h2-5H,6H2,1H3. The van der Waals surface area contributed by atoms with Crippen LogP contribution >= 0.6 is 28.1 Å². The van der Waals surface area contributed by atoms with E-state index in [1.165, 1.54) is 0 Å². The third kappa shape index (κ3) is 3.29. The van der Waals surface area contributed by atoms with Gasteiger partial charge in [-0.05, 0) is 17.7 Å². The van der Waals surface area contributed by atoms with Crippen molar-refractivity contribution in [1.82, 2.24) is 0 Å². The minimum absolute atomic E-state index is 0.110. The van der Waals surface area contributed by atoms with Gasteiger partial charge in [0, 0.05) is 16.7 Å². The van der Waals surface area contributed by atoms with Crippen LogP contribution in [-0.4, -0.2) is 30.0 Å². The van der Waals surface area contributed by atoms with Crippen LogP contribution in [-0.2, 0) is 14.3 Å². The molecule has 0 saturated carbocycles. The molecule has 2 rings (SSSR count). The maximum absolute atomic E-state index is 13.2. The van der Waals surface area contributed by atoms with Crippen molar-refractivity contribution in [3.63, 3.8) is 0 Å². The summed E-state index contributed by atoms with van der Waals surface area (Å²) >= 11 is 7.76. The molecule has 0 saturated heterocycles. The van der Waals surface area contributed by atoms with Crippen LogP contribution in [0.3, 0.4) is 0 Å². The van der Waals surface area contributed by atoms with Gasteiger partial charge in [0.25, 0.3) is 0 Å². The van der Waals surface area contributed by atoms with E-state index >= 15 is 0 Å². The number of oxime groups is 1. The van der Waals surface area contributed by atoms with Crippen LogP contribution in [0.4, 0.5) is 13.2 Å². The molecule has 0 fully saturated rings. The molecule has 0 N–H and O–H groups in total. The number of ether oxygens (including phenoxy) is 2. The van der Waals surface area contributed by atoms with Gasteiger partial charge >= 0.3 is 17.2 Å². The van der Waals surface area contributed by atoms with Crippen molar-refractivity contribution < 1.29 is 27.5 Å². The molecule has 0 radical (unpaired) electrons. The number of benzene rings is 1. The van der Waals surface area contributed by atoms with E-state index in [4.69, 9.17) is 0 Å². The van der Waals surface area contributed by atoms with Crippen LogP contribution in [0, 0.1) is 0 Å². The summed E-state index contributed by atoms with van der Waals surface area (Å²) in [5, 5.41) is 2.82. The Morgan fingerprint density at radius 3 is 2.52 bits per heavy atom. The molecule has 1 aromatic carbocycles. The molecule has 114 valence electrons. The molecule has 1 unspecified atom stereocenters. The quantitative estimate of drug-likeness (QED) is 0.728. The number of methoxy groups -OCH3 is 1. The molecule has 21 heavy (non-hydrogen) atoms. The number of alkyl halides is 3. The van der Waals surface area contributed by atoms with Crippen molar-refractivity contribution in [3.05, 3.63) is 34.3 Å². The average molecular weight is 384 g/mol. The number of halogens is 4. The van der Waals surface area contributed by atoms with Crippen LogP contribution in [0.5, 0.6) is 0 Å². The number of nitrogens with zero attached hydrogens (tertiary/aromatic N) is 1. The summed E-state index contributed by atoms with van der Waals surface area (Å²) in [5.74, 6) is -2.96. The minimum atomic E-state index is -4.82. The Bertz CT molecular complexity index is 576. The number of rotatable bonds is 2. The number of thiocarbonyl (C=S) groups is 1. The molecule has 0 aromatic heterocycles. The first-order chi connectivity index (χ1) is 9.77. The molecule has 0 aliphatic carbocycles. The smallest absolute Gasteiger partial charge is 0.460 e. The molecule has 1 atom stereocenters. The van der Waals surface area contributed by atoms with Crippen LogP contribution in [0.2, 0.25) is 0 Å². The molecular formula is C12H9BrF3NO3S. The normalized spacial score (nSPS) is 21.5. The van der Waals surface area contributed by atoms with Crippen molar-refractivity contribution in [2.75, 3.05) is 7.11 Å². The van der Waals surface area contributed by atoms with E-state index in [-0.39, 0.29) is 5.71 Å². The second-order valence-electron chi connectivity index (χ2n) is 4.12. The fraction of sp³-hybridized carbons (Fsp3) is 0.333. The molecule has 0 bridgehead atoms. The highest BCUT2D eigenvalue weighted by molar-refractivity contribution is 9.10. The summed E-state index contributed by atoms with van der Waals surface area (Å²) in [6.45, 7) is 0. The summed E-state index contributed by atoms with van der Waals surface area (Å²) in [4.78, 5) is 4.54. The highest BCUT2D eigenvalue weighted by Gasteiger charge is 2.64. The van der Waals surface area contributed by atoms with Gasteiger partial charge in [-0.1, -0.05) is 33.2 Å². The van der Waals surface area contributed by atoms with Crippen molar-refractivity contribution in [1.29, 1.82) is 0 Å². The van der Waals surface area contributed by atoms with Gasteiger partial charge in [0.15, 0.2) is 0 Å². The Hall–Kier alpha value is -1.35. The van der Waals surface area contributed by atoms with E-state index in [2.05, 4.69) is 47.6 Å².